The van der Waals surface area contributed by atoms with E-state index in [4.69, 9.17) is 0 Å². The second kappa shape index (κ2) is 4.21. The first-order valence-corrected chi connectivity index (χ1v) is 5.11. The molecule has 1 rings (SSSR count). The maximum Gasteiger partial charge on any atom is 0.136 e. The number of alkyl halides is 2. The number of hydrogen-bond donors (Lipinski definition) is 0. The molecule has 1 aromatic carbocycles. The first-order valence-electron chi connectivity index (χ1n) is 3.20. The molecular weight excluding hydrogens is 275 g/mol. The van der Waals surface area contributed by atoms with Crippen molar-refractivity contribution in [3.8, 4) is 0 Å². The highest BCUT2D eigenvalue weighted by molar-refractivity contribution is 9.10. The predicted molar refractivity (Wildman–Crippen MR) is 51.8 cm³/mol. The van der Waals surface area contributed by atoms with Gasteiger partial charge < -0.3 is 0 Å². The van der Waals surface area contributed by atoms with E-state index in [0.717, 1.165) is 4.47 Å². The Morgan fingerprint density at radius 3 is 2.55 bits per heavy atom. The van der Waals surface area contributed by atoms with Crippen molar-refractivity contribution >= 4 is 31.9 Å². The molecule has 0 N–H and O–H groups in total. The molecule has 1 atom stereocenters. The number of halogens is 3. The lowest BCUT2D eigenvalue weighted by Crippen LogP contribution is -1.92. The molecule has 1 aromatic rings. The monoisotopic (exact) mass is 280 g/mol. The zero-order valence-corrected chi connectivity index (χ0v) is 8.90. The highest BCUT2D eigenvalue weighted by Crippen LogP contribution is 2.26. The lowest BCUT2D eigenvalue weighted by molar-refractivity contribution is 0.381. The van der Waals surface area contributed by atoms with Gasteiger partial charge in [-0.15, -0.1) is 0 Å². The molecule has 0 aliphatic heterocycles. The van der Waals surface area contributed by atoms with Gasteiger partial charge in [-0.05, 0) is 6.07 Å². The zero-order valence-electron chi connectivity index (χ0n) is 5.73. The van der Waals surface area contributed by atoms with Crippen LogP contribution in [0.1, 0.15) is 11.7 Å². The van der Waals surface area contributed by atoms with Gasteiger partial charge in [0.15, 0.2) is 0 Å². The van der Waals surface area contributed by atoms with Crippen LogP contribution in [0, 0.1) is 0 Å². The Bertz CT molecular complexity index is 237. The molecule has 0 aliphatic carbocycles. The summed E-state index contributed by atoms with van der Waals surface area (Å²) in [6, 6.07) is 7.31. The second-order valence-corrected chi connectivity index (χ2v) is 3.65. The molecule has 11 heavy (non-hydrogen) atoms. The van der Waals surface area contributed by atoms with Gasteiger partial charge in [0.2, 0.25) is 0 Å². The van der Waals surface area contributed by atoms with Crippen molar-refractivity contribution in [2.24, 2.45) is 0 Å². The molecule has 0 bridgehead atoms. The van der Waals surface area contributed by atoms with E-state index >= 15 is 0 Å². The topological polar surface area (TPSA) is 0 Å². The maximum atomic E-state index is 13.0. The summed E-state index contributed by atoms with van der Waals surface area (Å²) in [7, 11) is 0. The largest absolute Gasteiger partial charge is 0.241 e. The summed E-state index contributed by atoms with van der Waals surface area (Å²) in [6.45, 7) is 0. The van der Waals surface area contributed by atoms with Crippen LogP contribution < -0.4 is 0 Å². The average molecular weight is 282 g/mol. The Morgan fingerprint density at radius 2 is 2.00 bits per heavy atom. The van der Waals surface area contributed by atoms with Gasteiger partial charge >= 0.3 is 0 Å². The molecule has 0 radical (unpaired) electrons. The van der Waals surface area contributed by atoms with E-state index in [2.05, 4.69) is 31.9 Å². The summed E-state index contributed by atoms with van der Waals surface area (Å²) in [5.74, 6) is 0. The van der Waals surface area contributed by atoms with Crippen molar-refractivity contribution in [1.82, 2.24) is 0 Å². The molecule has 60 valence electrons. The van der Waals surface area contributed by atoms with Crippen LogP contribution in [0.5, 0.6) is 0 Å². The molecule has 0 aromatic heterocycles. The number of rotatable bonds is 2. The summed E-state index contributed by atoms with van der Waals surface area (Å²) in [5.41, 5.74) is 0.698. The average Bonchev–Trinajstić information content (AvgIpc) is 2.04. The molecule has 0 amide bonds. The van der Waals surface area contributed by atoms with E-state index in [1.165, 1.54) is 0 Å². The zero-order chi connectivity index (χ0) is 8.27. The molecule has 0 fully saturated rings. The fourth-order valence-corrected chi connectivity index (χ4v) is 1.69. The molecule has 0 aliphatic rings. The maximum absolute atomic E-state index is 13.0. The van der Waals surface area contributed by atoms with Gasteiger partial charge in [0.25, 0.3) is 0 Å². The summed E-state index contributed by atoms with van der Waals surface area (Å²) in [4.78, 5) is 0. The van der Waals surface area contributed by atoms with Crippen molar-refractivity contribution in [2.45, 2.75) is 6.17 Å². The van der Waals surface area contributed by atoms with Crippen LogP contribution in [0.15, 0.2) is 28.7 Å². The lowest BCUT2D eigenvalue weighted by Gasteiger charge is -2.05. The summed E-state index contributed by atoms with van der Waals surface area (Å²) < 4.78 is 13.9. The van der Waals surface area contributed by atoms with Crippen LogP contribution in [-0.4, -0.2) is 5.33 Å². The minimum atomic E-state index is -0.925. The van der Waals surface area contributed by atoms with Crippen LogP contribution in [-0.2, 0) is 0 Å². The van der Waals surface area contributed by atoms with Crippen LogP contribution in [0.4, 0.5) is 4.39 Å². The van der Waals surface area contributed by atoms with E-state index in [-0.39, 0.29) is 0 Å². The Hall–Kier alpha value is 0.110. The SMILES string of the molecule is FC(CBr)c1ccccc1Br. The van der Waals surface area contributed by atoms with Crippen LogP contribution >= 0.6 is 31.9 Å². The van der Waals surface area contributed by atoms with E-state index in [1.807, 2.05) is 18.2 Å². The van der Waals surface area contributed by atoms with Crippen molar-refractivity contribution in [3.63, 3.8) is 0 Å². The molecule has 0 heterocycles. The van der Waals surface area contributed by atoms with Gasteiger partial charge in [0.1, 0.15) is 6.17 Å². The normalized spacial score (nSPS) is 13.0. The first kappa shape index (κ1) is 9.20. The molecular formula is C8H7Br2F. The number of benzene rings is 1. The van der Waals surface area contributed by atoms with Crippen molar-refractivity contribution in [3.05, 3.63) is 34.3 Å². The molecule has 0 saturated heterocycles. The molecule has 0 saturated carbocycles. The summed E-state index contributed by atoms with van der Waals surface area (Å²) >= 11 is 6.37. The Labute approximate surface area is 82.1 Å². The minimum absolute atomic E-state index is 0.343. The Morgan fingerprint density at radius 1 is 1.36 bits per heavy atom. The van der Waals surface area contributed by atoms with E-state index in [1.54, 1.807) is 6.07 Å². The fraction of sp³-hybridized carbons (Fsp3) is 0.250. The quantitative estimate of drug-likeness (QED) is 0.723. The Balaban J connectivity index is 2.93. The van der Waals surface area contributed by atoms with Crippen LogP contribution in [0.3, 0.4) is 0 Å². The highest BCUT2D eigenvalue weighted by atomic mass is 79.9. The number of hydrogen-bond acceptors (Lipinski definition) is 0. The van der Waals surface area contributed by atoms with Gasteiger partial charge in [-0.2, -0.15) is 0 Å². The smallest absolute Gasteiger partial charge is 0.136 e. The minimum Gasteiger partial charge on any atom is -0.241 e. The molecule has 1 unspecified atom stereocenters. The summed E-state index contributed by atoms with van der Waals surface area (Å²) in [6.07, 6.45) is -0.925. The molecule has 0 spiro atoms. The Kier molecular flexibility index (Phi) is 3.52. The highest BCUT2D eigenvalue weighted by Gasteiger charge is 2.09. The van der Waals surface area contributed by atoms with Crippen molar-refractivity contribution in [2.75, 3.05) is 5.33 Å². The van der Waals surface area contributed by atoms with E-state index in [9.17, 15) is 4.39 Å². The van der Waals surface area contributed by atoms with Crippen molar-refractivity contribution < 1.29 is 4.39 Å². The second-order valence-electron chi connectivity index (χ2n) is 2.14. The van der Waals surface area contributed by atoms with Crippen LogP contribution in [0.25, 0.3) is 0 Å². The van der Waals surface area contributed by atoms with Crippen LogP contribution in [0.2, 0.25) is 0 Å². The van der Waals surface area contributed by atoms with Gasteiger partial charge in [-0.1, -0.05) is 50.1 Å². The van der Waals surface area contributed by atoms with E-state index < -0.39 is 6.17 Å². The molecule has 3 heteroatoms. The third-order valence-corrected chi connectivity index (χ3v) is 2.67. The van der Waals surface area contributed by atoms with Gasteiger partial charge in [0, 0.05) is 15.4 Å². The third-order valence-electron chi connectivity index (χ3n) is 1.38. The van der Waals surface area contributed by atoms with E-state index in [0.29, 0.717) is 10.9 Å². The third kappa shape index (κ3) is 2.27. The van der Waals surface area contributed by atoms with Crippen molar-refractivity contribution in [1.29, 1.82) is 0 Å². The van der Waals surface area contributed by atoms with Gasteiger partial charge in [-0.3, -0.25) is 0 Å². The van der Waals surface area contributed by atoms with Gasteiger partial charge in [0.05, 0.1) is 0 Å². The lowest BCUT2D eigenvalue weighted by atomic mass is 10.1. The predicted octanol–water partition coefficient (Wildman–Crippen LogP) is 3.85. The standard InChI is InChI=1S/C8H7Br2F/c9-5-8(11)6-3-1-2-4-7(6)10/h1-4,8H,5H2. The summed E-state index contributed by atoms with van der Waals surface area (Å²) in [5, 5.41) is 0.343. The molecule has 0 nitrogen and oxygen atoms in total. The van der Waals surface area contributed by atoms with Gasteiger partial charge in [-0.25, -0.2) is 4.39 Å². The fourth-order valence-electron chi connectivity index (χ4n) is 0.812. The first-order chi connectivity index (χ1) is 5.25.